The fourth-order valence-electron chi connectivity index (χ4n) is 2.33. The zero-order valence-corrected chi connectivity index (χ0v) is 19.0. The molecule has 0 spiro atoms. The molecule has 168 valence electrons. The normalized spacial score (nSPS) is 11.1. The molecule has 3 heterocycles. The summed E-state index contributed by atoms with van der Waals surface area (Å²) >= 11 is 2.32. The van der Waals surface area contributed by atoms with E-state index in [0.717, 1.165) is 17.3 Å². The fraction of sp³-hybridized carbons (Fsp3) is 0.250. The number of aromatic nitrogens is 3. The van der Waals surface area contributed by atoms with Crippen LogP contribution in [0.2, 0.25) is 0 Å². The number of carboxylic acids is 1. The highest BCUT2D eigenvalue weighted by atomic mass is 32.2. The van der Waals surface area contributed by atoms with E-state index in [-0.39, 0.29) is 11.4 Å². The van der Waals surface area contributed by atoms with Gasteiger partial charge in [-0.15, -0.1) is 0 Å². The minimum atomic E-state index is -1.42. The minimum Gasteiger partial charge on any atom is -0.476 e. The number of carbonyl (C=O) groups is 2. The lowest BCUT2D eigenvalue weighted by atomic mass is 10.2. The fourth-order valence-corrected chi connectivity index (χ4v) is 4.19. The number of alkyl carbamates (subject to hydrolysis) is 1. The number of ether oxygens (including phenoxy) is 1. The van der Waals surface area contributed by atoms with Crippen LogP contribution in [0.1, 0.15) is 36.8 Å². The van der Waals surface area contributed by atoms with Crippen molar-refractivity contribution < 1.29 is 23.8 Å². The van der Waals surface area contributed by atoms with Crippen LogP contribution in [-0.4, -0.2) is 37.7 Å². The number of anilines is 2. The largest absolute Gasteiger partial charge is 0.476 e. The average molecular weight is 478 g/mol. The molecule has 0 radical (unpaired) electrons. The second-order valence-electron chi connectivity index (χ2n) is 7.40. The Morgan fingerprint density at radius 2 is 1.97 bits per heavy atom. The van der Waals surface area contributed by atoms with Crippen molar-refractivity contribution in [2.24, 2.45) is 0 Å². The predicted molar refractivity (Wildman–Crippen MR) is 118 cm³/mol. The maximum atomic E-state index is 14.3. The van der Waals surface area contributed by atoms with Gasteiger partial charge in [0.15, 0.2) is 16.6 Å². The van der Waals surface area contributed by atoms with Gasteiger partial charge < -0.3 is 20.5 Å². The summed E-state index contributed by atoms with van der Waals surface area (Å²) in [4.78, 5) is 34.9. The highest BCUT2D eigenvalue weighted by Gasteiger charge is 2.18. The molecule has 0 unspecified atom stereocenters. The van der Waals surface area contributed by atoms with Gasteiger partial charge in [-0.25, -0.2) is 28.9 Å². The number of aromatic carboxylic acids is 1. The van der Waals surface area contributed by atoms with Crippen LogP contribution in [-0.2, 0) is 11.3 Å². The highest BCUT2D eigenvalue weighted by Crippen LogP contribution is 2.36. The molecule has 1 amide bonds. The summed E-state index contributed by atoms with van der Waals surface area (Å²) in [5, 5.41) is 15.2. The van der Waals surface area contributed by atoms with E-state index in [2.05, 4.69) is 25.6 Å². The SMILES string of the molecule is CC(C)(C)OC(=O)NCc1ccc(Nc2ncc(Sc3ccnc(C(=O)O)c3F)s2)nc1. The van der Waals surface area contributed by atoms with Gasteiger partial charge in [-0.05, 0) is 38.5 Å². The highest BCUT2D eigenvalue weighted by molar-refractivity contribution is 8.01. The van der Waals surface area contributed by atoms with Gasteiger partial charge in [-0.3, -0.25) is 0 Å². The summed E-state index contributed by atoms with van der Waals surface area (Å²) in [7, 11) is 0. The Bertz CT molecular complexity index is 1120. The molecule has 0 aliphatic carbocycles. The summed E-state index contributed by atoms with van der Waals surface area (Å²) in [5.74, 6) is -1.77. The van der Waals surface area contributed by atoms with Crippen molar-refractivity contribution >= 4 is 46.1 Å². The number of nitrogens with one attached hydrogen (secondary N) is 2. The number of rotatable bonds is 7. The maximum absolute atomic E-state index is 14.3. The van der Waals surface area contributed by atoms with Crippen LogP contribution in [0.3, 0.4) is 0 Å². The van der Waals surface area contributed by atoms with Crippen molar-refractivity contribution in [2.45, 2.75) is 42.0 Å². The zero-order valence-electron chi connectivity index (χ0n) is 17.4. The topological polar surface area (TPSA) is 126 Å². The van der Waals surface area contributed by atoms with Crippen LogP contribution in [0.5, 0.6) is 0 Å². The third-order valence-electron chi connectivity index (χ3n) is 3.65. The molecule has 3 aromatic heterocycles. The summed E-state index contributed by atoms with van der Waals surface area (Å²) in [5.41, 5.74) is -0.398. The van der Waals surface area contributed by atoms with Crippen molar-refractivity contribution in [1.29, 1.82) is 0 Å². The number of carboxylic acid groups (broad SMARTS) is 1. The summed E-state index contributed by atoms with van der Waals surface area (Å²) in [6.45, 7) is 5.64. The smallest absolute Gasteiger partial charge is 0.407 e. The Balaban J connectivity index is 1.57. The third-order valence-corrected chi connectivity index (χ3v) is 5.70. The Morgan fingerprint density at radius 3 is 2.62 bits per heavy atom. The number of nitrogens with zero attached hydrogens (tertiary/aromatic N) is 3. The maximum Gasteiger partial charge on any atom is 0.407 e. The Kier molecular flexibility index (Phi) is 7.26. The van der Waals surface area contributed by atoms with Crippen molar-refractivity contribution in [2.75, 3.05) is 5.32 Å². The van der Waals surface area contributed by atoms with Gasteiger partial charge in [0.2, 0.25) is 0 Å². The Hall–Kier alpha value is -3.25. The van der Waals surface area contributed by atoms with Gasteiger partial charge in [0.1, 0.15) is 11.4 Å². The Labute approximate surface area is 191 Å². The number of thiazole rings is 1. The molecule has 12 heteroatoms. The van der Waals surface area contributed by atoms with Crippen LogP contribution in [0, 0.1) is 5.82 Å². The van der Waals surface area contributed by atoms with Crippen molar-refractivity contribution in [3.8, 4) is 0 Å². The molecule has 0 aromatic carbocycles. The molecular formula is C20H20FN5O4S2. The summed E-state index contributed by atoms with van der Waals surface area (Å²) in [6, 6.07) is 4.95. The number of carbonyl (C=O) groups excluding carboxylic acids is 1. The van der Waals surface area contributed by atoms with Gasteiger partial charge in [0, 0.05) is 18.9 Å². The first-order chi connectivity index (χ1) is 15.1. The summed E-state index contributed by atoms with van der Waals surface area (Å²) in [6.07, 6.45) is 3.91. The van der Waals surface area contributed by atoms with E-state index in [4.69, 9.17) is 9.84 Å². The quantitative estimate of drug-likeness (QED) is 0.444. The van der Waals surface area contributed by atoms with Crippen molar-refractivity contribution in [1.82, 2.24) is 20.3 Å². The molecule has 3 N–H and O–H groups in total. The van der Waals surface area contributed by atoms with Crippen LogP contribution >= 0.6 is 23.1 Å². The molecule has 0 fully saturated rings. The van der Waals surface area contributed by atoms with Gasteiger partial charge in [-0.2, -0.15) is 0 Å². The molecule has 0 bridgehead atoms. The molecule has 0 aliphatic rings. The summed E-state index contributed by atoms with van der Waals surface area (Å²) < 4.78 is 20.1. The molecule has 0 aliphatic heterocycles. The van der Waals surface area contributed by atoms with E-state index >= 15 is 0 Å². The third kappa shape index (κ3) is 6.62. The van der Waals surface area contributed by atoms with E-state index in [1.54, 1.807) is 45.3 Å². The number of amides is 1. The van der Waals surface area contributed by atoms with Crippen molar-refractivity contribution in [3.63, 3.8) is 0 Å². The monoisotopic (exact) mass is 477 g/mol. The number of pyridine rings is 2. The van der Waals surface area contributed by atoms with Crippen molar-refractivity contribution in [3.05, 3.63) is 53.9 Å². The van der Waals surface area contributed by atoms with Gasteiger partial charge in [0.05, 0.1) is 15.3 Å². The van der Waals surface area contributed by atoms with Gasteiger partial charge in [-0.1, -0.05) is 29.2 Å². The molecule has 32 heavy (non-hydrogen) atoms. The molecule has 3 rings (SSSR count). The number of hydrogen-bond donors (Lipinski definition) is 3. The van der Waals surface area contributed by atoms with E-state index in [1.807, 2.05) is 0 Å². The first-order valence-corrected chi connectivity index (χ1v) is 10.9. The van der Waals surface area contributed by atoms with Crippen LogP contribution in [0.4, 0.5) is 20.1 Å². The first-order valence-electron chi connectivity index (χ1n) is 9.31. The van der Waals surface area contributed by atoms with Gasteiger partial charge in [0.25, 0.3) is 0 Å². The second-order valence-corrected chi connectivity index (χ2v) is 9.77. The average Bonchev–Trinajstić information content (AvgIpc) is 3.14. The zero-order chi connectivity index (χ0) is 23.3. The minimum absolute atomic E-state index is 0.146. The lowest BCUT2D eigenvalue weighted by Crippen LogP contribution is -2.32. The Morgan fingerprint density at radius 1 is 1.19 bits per heavy atom. The molecule has 0 atom stereocenters. The molecular weight excluding hydrogens is 457 g/mol. The lowest BCUT2D eigenvalue weighted by Gasteiger charge is -2.19. The number of hydrogen-bond acceptors (Lipinski definition) is 9. The molecule has 3 aromatic rings. The van der Waals surface area contributed by atoms with E-state index < -0.39 is 29.2 Å². The van der Waals surface area contributed by atoms with Crippen LogP contribution in [0.15, 0.2) is 45.9 Å². The lowest BCUT2D eigenvalue weighted by molar-refractivity contribution is 0.0522. The molecule has 9 nitrogen and oxygen atoms in total. The number of halogens is 1. The van der Waals surface area contributed by atoms with Crippen LogP contribution in [0.25, 0.3) is 0 Å². The molecule has 0 saturated heterocycles. The van der Waals surface area contributed by atoms with Crippen LogP contribution < -0.4 is 10.6 Å². The standard InChI is InChI=1S/C20H20FN5O4S2/c1-20(2,3)30-19(29)25-9-11-4-5-13(23-8-11)26-18-24-10-14(32-18)31-12-6-7-22-16(15(12)21)17(27)28/h4-8,10H,9H2,1-3H3,(H,25,29)(H,27,28)(H,23,24,26). The predicted octanol–water partition coefficient (Wildman–Crippen LogP) is 4.69. The molecule has 0 saturated carbocycles. The second kappa shape index (κ2) is 9.92. The van der Waals surface area contributed by atoms with E-state index in [9.17, 15) is 14.0 Å². The van der Waals surface area contributed by atoms with E-state index in [1.165, 1.54) is 23.6 Å². The first kappa shape index (κ1) is 23.4. The van der Waals surface area contributed by atoms with Gasteiger partial charge >= 0.3 is 12.1 Å². The van der Waals surface area contributed by atoms with E-state index in [0.29, 0.717) is 15.2 Å².